The summed E-state index contributed by atoms with van der Waals surface area (Å²) in [6.07, 6.45) is 0. The molecule has 5 nitrogen and oxygen atoms in total. The largest absolute Gasteiger partial charge is 0.364 e. The quantitative estimate of drug-likeness (QED) is 0.918. The molecule has 0 aliphatic rings. The van der Waals surface area contributed by atoms with Crippen molar-refractivity contribution < 1.29 is 4.79 Å². The zero-order valence-corrected chi connectivity index (χ0v) is 12.7. The van der Waals surface area contributed by atoms with Gasteiger partial charge in [-0.1, -0.05) is 0 Å². The maximum Gasteiger partial charge on any atom is 0.267 e. The van der Waals surface area contributed by atoms with Crippen LogP contribution in [0.3, 0.4) is 0 Å². The van der Waals surface area contributed by atoms with Crippen molar-refractivity contribution in [2.75, 3.05) is 18.0 Å². The van der Waals surface area contributed by atoms with E-state index in [-0.39, 0.29) is 5.69 Å². The van der Waals surface area contributed by atoms with Gasteiger partial charge < -0.3 is 10.6 Å². The molecule has 106 valence electrons. The van der Waals surface area contributed by atoms with Gasteiger partial charge >= 0.3 is 0 Å². The molecule has 2 aromatic rings. The summed E-state index contributed by atoms with van der Waals surface area (Å²) >= 11 is 1.60. The van der Waals surface area contributed by atoms with Gasteiger partial charge in [0.2, 0.25) is 5.95 Å². The number of hydrogen-bond donors (Lipinski definition) is 1. The molecule has 20 heavy (non-hydrogen) atoms. The second kappa shape index (κ2) is 6.00. The Morgan fingerprint density at radius 2 is 2.00 bits per heavy atom. The molecule has 0 fully saturated rings. The van der Waals surface area contributed by atoms with E-state index < -0.39 is 5.91 Å². The summed E-state index contributed by atoms with van der Waals surface area (Å²) in [7, 11) is 0. The van der Waals surface area contributed by atoms with Crippen LogP contribution in [0.5, 0.6) is 0 Å². The molecule has 0 aliphatic carbocycles. The zero-order valence-electron chi connectivity index (χ0n) is 11.9. The summed E-state index contributed by atoms with van der Waals surface area (Å²) in [6, 6.07) is 3.70. The lowest BCUT2D eigenvalue weighted by Gasteiger charge is -2.19. The number of primary amides is 1. The predicted molar refractivity (Wildman–Crippen MR) is 82.2 cm³/mol. The first-order valence-corrected chi connectivity index (χ1v) is 7.42. The highest BCUT2D eigenvalue weighted by molar-refractivity contribution is 7.13. The summed E-state index contributed by atoms with van der Waals surface area (Å²) in [5.74, 6) is 0.0164. The third-order valence-corrected chi connectivity index (χ3v) is 4.07. The topological polar surface area (TPSA) is 72.1 Å². The van der Waals surface area contributed by atoms with Crippen molar-refractivity contribution in [3.63, 3.8) is 0 Å². The standard InChI is InChI=1S/C14H18N4OS/c1-4-18(5-2)14-16-10(7-11(17-14)13(15)19)12-6-9(3)8-20-12/h6-8H,4-5H2,1-3H3,(H2,15,19). The Morgan fingerprint density at radius 3 is 2.50 bits per heavy atom. The number of aryl methyl sites for hydroxylation is 1. The van der Waals surface area contributed by atoms with Crippen LogP contribution in [0.25, 0.3) is 10.6 Å². The Kier molecular flexibility index (Phi) is 4.34. The van der Waals surface area contributed by atoms with E-state index in [0.717, 1.165) is 23.7 Å². The highest BCUT2D eigenvalue weighted by Gasteiger charge is 2.14. The van der Waals surface area contributed by atoms with Crippen molar-refractivity contribution in [2.45, 2.75) is 20.8 Å². The molecule has 2 aromatic heterocycles. The average molecular weight is 290 g/mol. The Morgan fingerprint density at radius 1 is 1.30 bits per heavy atom. The van der Waals surface area contributed by atoms with Crippen LogP contribution in [0, 0.1) is 6.92 Å². The zero-order chi connectivity index (χ0) is 14.7. The van der Waals surface area contributed by atoms with Gasteiger partial charge in [0.1, 0.15) is 5.69 Å². The molecular weight excluding hydrogens is 272 g/mol. The number of nitrogens with zero attached hydrogens (tertiary/aromatic N) is 3. The maximum absolute atomic E-state index is 11.5. The van der Waals surface area contributed by atoms with E-state index in [1.807, 2.05) is 31.7 Å². The van der Waals surface area contributed by atoms with Gasteiger partial charge in [-0.15, -0.1) is 11.3 Å². The van der Waals surface area contributed by atoms with Crippen molar-refractivity contribution in [3.05, 3.63) is 28.8 Å². The van der Waals surface area contributed by atoms with Gasteiger partial charge in [-0.05, 0) is 43.8 Å². The fraction of sp³-hybridized carbons (Fsp3) is 0.357. The van der Waals surface area contributed by atoms with Gasteiger partial charge in [0.25, 0.3) is 5.91 Å². The monoisotopic (exact) mass is 290 g/mol. The minimum atomic E-state index is -0.532. The van der Waals surface area contributed by atoms with E-state index in [4.69, 9.17) is 5.73 Å². The molecule has 0 radical (unpaired) electrons. The van der Waals surface area contributed by atoms with Gasteiger partial charge in [-0.2, -0.15) is 0 Å². The van der Waals surface area contributed by atoms with Crippen LogP contribution in [0.4, 0.5) is 5.95 Å². The Balaban J connectivity index is 2.54. The van der Waals surface area contributed by atoms with Gasteiger partial charge in [-0.3, -0.25) is 4.79 Å². The van der Waals surface area contributed by atoms with Crippen LogP contribution >= 0.6 is 11.3 Å². The molecule has 2 heterocycles. The number of carbonyl (C=O) groups is 1. The number of nitrogens with two attached hydrogens (primary N) is 1. The predicted octanol–water partition coefficient (Wildman–Crippen LogP) is 2.46. The van der Waals surface area contributed by atoms with E-state index in [1.54, 1.807) is 17.4 Å². The first-order valence-electron chi connectivity index (χ1n) is 6.54. The van der Waals surface area contributed by atoms with Crippen LogP contribution < -0.4 is 10.6 Å². The second-order valence-electron chi connectivity index (χ2n) is 4.46. The van der Waals surface area contributed by atoms with Gasteiger partial charge in [0, 0.05) is 13.1 Å². The molecule has 0 saturated carbocycles. The average Bonchev–Trinajstić information content (AvgIpc) is 2.86. The van der Waals surface area contributed by atoms with Crippen molar-refractivity contribution in [1.82, 2.24) is 9.97 Å². The summed E-state index contributed by atoms with van der Waals surface area (Å²) in [6.45, 7) is 7.64. The molecule has 6 heteroatoms. The molecular formula is C14H18N4OS. The van der Waals surface area contributed by atoms with E-state index in [0.29, 0.717) is 5.95 Å². The van der Waals surface area contributed by atoms with Crippen molar-refractivity contribution in [3.8, 4) is 10.6 Å². The van der Waals surface area contributed by atoms with Gasteiger partial charge in [-0.25, -0.2) is 9.97 Å². The number of carbonyl (C=O) groups excluding carboxylic acids is 1. The highest BCUT2D eigenvalue weighted by atomic mass is 32.1. The molecule has 0 aliphatic heterocycles. The summed E-state index contributed by atoms with van der Waals surface area (Å²) in [5.41, 5.74) is 7.55. The van der Waals surface area contributed by atoms with Crippen molar-refractivity contribution in [2.24, 2.45) is 5.73 Å². The SMILES string of the molecule is CCN(CC)c1nc(C(N)=O)cc(-c2cc(C)cs2)n1. The van der Waals surface area contributed by atoms with Crippen molar-refractivity contribution in [1.29, 1.82) is 0 Å². The fourth-order valence-corrected chi connectivity index (χ4v) is 2.76. The highest BCUT2D eigenvalue weighted by Crippen LogP contribution is 2.27. The van der Waals surface area contributed by atoms with E-state index in [2.05, 4.69) is 15.3 Å². The maximum atomic E-state index is 11.5. The van der Waals surface area contributed by atoms with Crippen LogP contribution in [-0.4, -0.2) is 29.0 Å². The molecule has 0 bridgehead atoms. The lowest BCUT2D eigenvalue weighted by molar-refractivity contribution is 0.0995. The normalized spacial score (nSPS) is 10.6. The van der Waals surface area contributed by atoms with E-state index in [1.165, 1.54) is 5.56 Å². The van der Waals surface area contributed by atoms with Crippen LogP contribution in [-0.2, 0) is 0 Å². The fourth-order valence-electron chi connectivity index (χ4n) is 1.90. The van der Waals surface area contributed by atoms with Gasteiger partial charge in [0.05, 0.1) is 10.6 Å². The van der Waals surface area contributed by atoms with Crippen LogP contribution in [0.15, 0.2) is 17.5 Å². The summed E-state index contributed by atoms with van der Waals surface area (Å²) < 4.78 is 0. The lowest BCUT2D eigenvalue weighted by Crippen LogP contribution is -2.26. The minimum Gasteiger partial charge on any atom is -0.364 e. The molecule has 0 saturated heterocycles. The molecule has 0 aromatic carbocycles. The first kappa shape index (κ1) is 14.5. The number of aromatic nitrogens is 2. The smallest absolute Gasteiger partial charge is 0.267 e. The second-order valence-corrected chi connectivity index (χ2v) is 5.37. The summed E-state index contributed by atoms with van der Waals surface area (Å²) in [5, 5.41) is 2.05. The Hall–Kier alpha value is -1.95. The number of hydrogen-bond acceptors (Lipinski definition) is 5. The van der Waals surface area contributed by atoms with Crippen LogP contribution in [0.1, 0.15) is 29.9 Å². The number of thiophene rings is 1. The molecule has 2 N–H and O–H groups in total. The first-order chi connectivity index (χ1) is 9.55. The summed E-state index contributed by atoms with van der Waals surface area (Å²) in [4.78, 5) is 23.3. The minimum absolute atomic E-state index is 0.253. The van der Waals surface area contributed by atoms with Crippen molar-refractivity contribution >= 4 is 23.2 Å². The number of anilines is 1. The van der Waals surface area contributed by atoms with Gasteiger partial charge in [0.15, 0.2) is 0 Å². The molecule has 1 amide bonds. The van der Waals surface area contributed by atoms with E-state index in [9.17, 15) is 4.79 Å². The Bertz CT molecular complexity index is 619. The third-order valence-electron chi connectivity index (χ3n) is 3.00. The number of rotatable bonds is 5. The lowest BCUT2D eigenvalue weighted by atomic mass is 10.2. The third kappa shape index (κ3) is 2.96. The number of amides is 1. The molecule has 0 atom stereocenters. The van der Waals surface area contributed by atoms with Crippen LogP contribution in [0.2, 0.25) is 0 Å². The Labute approximate surface area is 122 Å². The van der Waals surface area contributed by atoms with E-state index >= 15 is 0 Å². The molecule has 0 spiro atoms. The molecule has 2 rings (SSSR count). The molecule has 0 unspecified atom stereocenters.